The van der Waals surface area contributed by atoms with Crippen molar-refractivity contribution in [2.45, 2.75) is 49.9 Å². The van der Waals surface area contributed by atoms with Gasteiger partial charge in [0.05, 0.1) is 18.6 Å². The second-order valence-electron chi connectivity index (χ2n) is 6.50. The molecule has 4 atom stereocenters. The third-order valence-corrected chi connectivity index (χ3v) is 5.43. The summed E-state index contributed by atoms with van der Waals surface area (Å²) < 4.78 is 5.89. The highest BCUT2D eigenvalue weighted by molar-refractivity contribution is 5.91. The van der Waals surface area contributed by atoms with E-state index in [4.69, 9.17) is 4.74 Å². The molecule has 0 aromatic rings. The SMILES string of the molecule is O=C(O)C1[C@H]2C=CC3(CN(C4CCCCC4)C(=O)[C@@H]13)O2. The lowest BCUT2D eigenvalue weighted by atomic mass is 9.77. The zero-order valence-corrected chi connectivity index (χ0v) is 11.3. The van der Waals surface area contributed by atoms with Crippen molar-refractivity contribution in [1.29, 1.82) is 0 Å². The Morgan fingerprint density at radius 3 is 2.80 bits per heavy atom. The molecule has 0 aromatic heterocycles. The highest BCUT2D eigenvalue weighted by Crippen LogP contribution is 2.52. The van der Waals surface area contributed by atoms with Gasteiger partial charge >= 0.3 is 5.97 Å². The van der Waals surface area contributed by atoms with E-state index in [0.717, 1.165) is 25.7 Å². The van der Waals surface area contributed by atoms with E-state index in [1.165, 1.54) is 6.42 Å². The van der Waals surface area contributed by atoms with Crippen LogP contribution in [0.3, 0.4) is 0 Å². The molecule has 5 nitrogen and oxygen atoms in total. The Morgan fingerprint density at radius 2 is 2.10 bits per heavy atom. The molecule has 4 rings (SSSR count). The molecule has 1 saturated carbocycles. The zero-order chi connectivity index (χ0) is 13.9. The van der Waals surface area contributed by atoms with Crippen LogP contribution in [0.1, 0.15) is 32.1 Å². The molecule has 1 N–H and O–H groups in total. The molecule has 3 fully saturated rings. The van der Waals surface area contributed by atoms with Gasteiger partial charge in [0, 0.05) is 6.04 Å². The van der Waals surface area contributed by atoms with Crippen molar-refractivity contribution in [2.24, 2.45) is 11.8 Å². The van der Waals surface area contributed by atoms with E-state index in [0.29, 0.717) is 6.54 Å². The van der Waals surface area contributed by atoms with Crippen LogP contribution in [-0.4, -0.2) is 46.2 Å². The number of ether oxygens (including phenoxy) is 1. The third-order valence-electron chi connectivity index (χ3n) is 5.43. The minimum Gasteiger partial charge on any atom is -0.481 e. The lowest BCUT2D eigenvalue weighted by Gasteiger charge is -2.32. The normalized spacial score (nSPS) is 43.3. The highest BCUT2D eigenvalue weighted by Gasteiger charge is 2.67. The summed E-state index contributed by atoms with van der Waals surface area (Å²) in [4.78, 5) is 26.1. The van der Waals surface area contributed by atoms with Crippen molar-refractivity contribution in [2.75, 3.05) is 6.54 Å². The highest BCUT2D eigenvalue weighted by atomic mass is 16.5. The Morgan fingerprint density at radius 1 is 1.35 bits per heavy atom. The molecule has 1 aliphatic carbocycles. The van der Waals surface area contributed by atoms with Gasteiger partial charge in [-0.3, -0.25) is 9.59 Å². The summed E-state index contributed by atoms with van der Waals surface area (Å²) in [5, 5.41) is 9.41. The Hall–Kier alpha value is -1.36. The number of likely N-dealkylation sites (tertiary alicyclic amines) is 1. The maximum Gasteiger partial charge on any atom is 0.310 e. The largest absolute Gasteiger partial charge is 0.481 e. The molecule has 0 radical (unpaired) electrons. The fourth-order valence-electron chi connectivity index (χ4n) is 4.51. The molecule has 2 bridgehead atoms. The van der Waals surface area contributed by atoms with Crippen molar-refractivity contribution in [3.05, 3.63) is 12.2 Å². The van der Waals surface area contributed by atoms with Crippen LogP contribution >= 0.6 is 0 Å². The standard InChI is InChI=1S/C15H19NO4/c17-13-12-11(14(18)19)10-6-7-15(12,20-10)8-16(13)9-4-2-1-3-5-9/h6-7,9-12H,1-5,8H2,(H,18,19)/t10-,11?,12-,15?/m1/s1. The van der Waals surface area contributed by atoms with Crippen LogP contribution in [0.15, 0.2) is 12.2 Å². The Labute approximate surface area is 117 Å². The molecule has 2 unspecified atom stereocenters. The molecule has 2 saturated heterocycles. The Balaban J connectivity index is 1.65. The van der Waals surface area contributed by atoms with Gasteiger partial charge in [0.15, 0.2) is 0 Å². The van der Waals surface area contributed by atoms with Gasteiger partial charge in [-0.1, -0.05) is 31.4 Å². The van der Waals surface area contributed by atoms with E-state index in [-0.39, 0.29) is 11.9 Å². The number of carboxylic acids is 1. The average Bonchev–Trinajstić information content (AvgIpc) is 3.08. The first-order chi connectivity index (χ1) is 9.62. The molecular formula is C15H19NO4. The molecule has 4 aliphatic rings. The van der Waals surface area contributed by atoms with Crippen molar-refractivity contribution in [3.63, 3.8) is 0 Å². The number of amides is 1. The monoisotopic (exact) mass is 277 g/mol. The number of nitrogens with zero attached hydrogens (tertiary/aromatic N) is 1. The number of hydrogen-bond donors (Lipinski definition) is 1. The number of fused-ring (bicyclic) bond motifs is 1. The maximum atomic E-state index is 12.7. The fourth-order valence-corrected chi connectivity index (χ4v) is 4.51. The van der Waals surface area contributed by atoms with E-state index in [1.807, 2.05) is 17.1 Å². The summed E-state index contributed by atoms with van der Waals surface area (Å²) in [5.41, 5.74) is -0.664. The van der Waals surface area contributed by atoms with Crippen molar-refractivity contribution in [3.8, 4) is 0 Å². The number of carbonyl (C=O) groups excluding carboxylic acids is 1. The van der Waals surface area contributed by atoms with Gasteiger partial charge in [-0.05, 0) is 12.8 Å². The van der Waals surface area contributed by atoms with Gasteiger partial charge in [-0.2, -0.15) is 0 Å². The molecule has 5 heteroatoms. The average molecular weight is 277 g/mol. The zero-order valence-electron chi connectivity index (χ0n) is 11.3. The first-order valence-corrected chi connectivity index (χ1v) is 7.53. The third kappa shape index (κ3) is 1.47. The second kappa shape index (κ2) is 4.07. The molecule has 20 heavy (non-hydrogen) atoms. The van der Waals surface area contributed by atoms with Crippen LogP contribution < -0.4 is 0 Å². The minimum atomic E-state index is -0.912. The minimum absolute atomic E-state index is 0.00356. The quantitative estimate of drug-likeness (QED) is 0.770. The molecule has 1 spiro atoms. The number of rotatable bonds is 2. The second-order valence-corrected chi connectivity index (χ2v) is 6.50. The van der Waals surface area contributed by atoms with Crippen LogP contribution in [0, 0.1) is 11.8 Å². The summed E-state index contributed by atoms with van der Waals surface area (Å²) >= 11 is 0. The topological polar surface area (TPSA) is 66.8 Å². The van der Waals surface area contributed by atoms with Gasteiger partial charge < -0.3 is 14.7 Å². The lowest BCUT2D eigenvalue weighted by Crippen LogP contribution is -2.42. The van der Waals surface area contributed by atoms with Gasteiger partial charge in [0.1, 0.15) is 11.5 Å². The maximum absolute atomic E-state index is 12.7. The molecule has 108 valence electrons. The predicted octanol–water partition coefficient (Wildman–Crippen LogP) is 1.19. The van der Waals surface area contributed by atoms with Crippen LogP contribution in [-0.2, 0) is 14.3 Å². The van der Waals surface area contributed by atoms with Gasteiger partial charge in [0.2, 0.25) is 5.91 Å². The van der Waals surface area contributed by atoms with E-state index in [9.17, 15) is 14.7 Å². The number of carbonyl (C=O) groups is 2. The number of aliphatic carboxylic acids is 1. The molecule has 3 heterocycles. The van der Waals surface area contributed by atoms with Crippen LogP contribution in [0.2, 0.25) is 0 Å². The van der Waals surface area contributed by atoms with Crippen LogP contribution in [0.4, 0.5) is 0 Å². The van der Waals surface area contributed by atoms with E-state index < -0.39 is 29.5 Å². The Kier molecular flexibility index (Phi) is 2.52. The predicted molar refractivity (Wildman–Crippen MR) is 69.9 cm³/mol. The first-order valence-electron chi connectivity index (χ1n) is 7.53. The van der Waals surface area contributed by atoms with Gasteiger partial charge in [-0.25, -0.2) is 0 Å². The summed E-state index contributed by atoms with van der Waals surface area (Å²) in [6.45, 7) is 0.540. The first kappa shape index (κ1) is 12.4. The summed E-state index contributed by atoms with van der Waals surface area (Å²) in [6, 6.07) is 0.279. The summed E-state index contributed by atoms with van der Waals surface area (Å²) in [5.74, 6) is -2.14. The lowest BCUT2D eigenvalue weighted by molar-refractivity contribution is -0.148. The van der Waals surface area contributed by atoms with E-state index in [1.54, 1.807) is 0 Å². The number of hydrogen-bond acceptors (Lipinski definition) is 3. The fraction of sp³-hybridized carbons (Fsp3) is 0.733. The van der Waals surface area contributed by atoms with Gasteiger partial charge in [0.25, 0.3) is 0 Å². The summed E-state index contributed by atoms with van der Waals surface area (Å²) in [6.07, 6.45) is 8.98. The summed E-state index contributed by atoms with van der Waals surface area (Å²) in [7, 11) is 0. The van der Waals surface area contributed by atoms with Gasteiger partial charge in [-0.15, -0.1) is 0 Å². The van der Waals surface area contributed by atoms with Crippen LogP contribution in [0.5, 0.6) is 0 Å². The molecule has 1 amide bonds. The van der Waals surface area contributed by atoms with E-state index in [2.05, 4.69) is 0 Å². The van der Waals surface area contributed by atoms with Crippen LogP contribution in [0.25, 0.3) is 0 Å². The van der Waals surface area contributed by atoms with Crippen molar-refractivity contribution in [1.82, 2.24) is 4.90 Å². The molecule has 0 aromatic carbocycles. The molecular weight excluding hydrogens is 258 g/mol. The van der Waals surface area contributed by atoms with E-state index >= 15 is 0 Å². The smallest absolute Gasteiger partial charge is 0.310 e. The van der Waals surface area contributed by atoms with Crippen molar-refractivity contribution < 1.29 is 19.4 Å². The Bertz CT molecular complexity index is 496. The molecule has 3 aliphatic heterocycles. The van der Waals surface area contributed by atoms with Crippen molar-refractivity contribution >= 4 is 11.9 Å². The number of carboxylic acid groups (broad SMARTS) is 1.